The molecule has 0 radical (unpaired) electrons. The quantitative estimate of drug-likeness (QED) is 0.483. The van der Waals surface area contributed by atoms with E-state index in [0.717, 1.165) is 6.42 Å². The maximum Gasteiger partial charge on any atom is 0.328 e. The van der Waals surface area contributed by atoms with Crippen LogP contribution in [0.4, 0.5) is 0 Å². The molecule has 0 spiro atoms. The van der Waals surface area contributed by atoms with Crippen molar-refractivity contribution in [2.45, 2.75) is 57.8 Å². The number of methoxy groups -OCH3 is 2. The number of esters is 2. The highest BCUT2D eigenvalue weighted by atomic mass is 16.6. The average molecular weight is 438 g/mol. The molecule has 2 rings (SSSR count). The molecule has 31 heavy (non-hydrogen) atoms. The van der Waals surface area contributed by atoms with Gasteiger partial charge >= 0.3 is 11.9 Å². The van der Waals surface area contributed by atoms with E-state index < -0.39 is 12.0 Å². The van der Waals surface area contributed by atoms with Crippen molar-refractivity contribution in [3.63, 3.8) is 0 Å². The maximum absolute atomic E-state index is 12.7. The van der Waals surface area contributed by atoms with Gasteiger partial charge in [0.2, 0.25) is 5.91 Å². The van der Waals surface area contributed by atoms with Crippen molar-refractivity contribution in [1.29, 1.82) is 0 Å². The third kappa shape index (κ3) is 7.47. The number of carbonyl (C=O) groups excluding carboxylic acids is 3. The lowest BCUT2D eigenvalue weighted by molar-refractivity contribution is -0.156. The minimum Gasteiger partial charge on any atom is -0.463 e. The van der Waals surface area contributed by atoms with Crippen molar-refractivity contribution in [3.05, 3.63) is 24.3 Å². The number of hydrogen-bond donors (Lipinski definition) is 0. The van der Waals surface area contributed by atoms with Gasteiger partial charge in [-0.25, -0.2) is 4.79 Å². The van der Waals surface area contributed by atoms with Crippen LogP contribution in [0.5, 0.6) is 0 Å². The summed E-state index contributed by atoms with van der Waals surface area (Å²) in [7, 11) is 3.12. The summed E-state index contributed by atoms with van der Waals surface area (Å²) < 4.78 is 21.7. The molecule has 8 nitrogen and oxygen atoms in total. The molecule has 0 N–H and O–H groups in total. The monoisotopic (exact) mass is 437 g/mol. The highest BCUT2D eigenvalue weighted by molar-refractivity contribution is 5.85. The summed E-state index contributed by atoms with van der Waals surface area (Å²) >= 11 is 0. The van der Waals surface area contributed by atoms with Gasteiger partial charge in [0.05, 0.1) is 18.6 Å². The fraction of sp³-hybridized carbons (Fsp3) is 0.696. The van der Waals surface area contributed by atoms with Gasteiger partial charge in [0.1, 0.15) is 19.3 Å². The molecule has 0 aromatic heterocycles. The Balaban J connectivity index is 2.16. The first-order valence-corrected chi connectivity index (χ1v) is 10.9. The maximum atomic E-state index is 12.7. The van der Waals surface area contributed by atoms with Crippen molar-refractivity contribution in [2.75, 3.05) is 34.0 Å². The lowest BCUT2D eigenvalue weighted by Crippen LogP contribution is -2.42. The second-order valence-corrected chi connectivity index (χ2v) is 8.09. The van der Waals surface area contributed by atoms with Gasteiger partial charge in [-0.15, -0.1) is 0 Å². The van der Waals surface area contributed by atoms with Crippen molar-refractivity contribution >= 4 is 17.8 Å². The summed E-state index contributed by atoms with van der Waals surface area (Å²) in [5.41, 5.74) is 0. The zero-order valence-electron chi connectivity index (χ0n) is 19.0. The third-order valence-electron chi connectivity index (χ3n) is 5.88. The van der Waals surface area contributed by atoms with Gasteiger partial charge in [-0.3, -0.25) is 9.59 Å². The molecule has 2 aliphatic rings. The summed E-state index contributed by atoms with van der Waals surface area (Å²) in [4.78, 5) is 39.0. The zero-order chi connectivity index (χ0) is 22.8. The van der Waals surface area contributed by atoms with E-state index in [9.17, 15) is 14.4 Å². The summed E-state index contributed by atoms with van der Waals surface area (Å²) in [6, 6.07) is -0.554. The number of amides is 1. The van der Waals surface area contributed by atoms with Crippen LogP contribution in [0, 0.1) is 11.8 Å². The van der Waals surface area contributed by atoms with E-state index in [4.69, 9.17) is 18.9 Å². The van der Waals surface area contributed by atoms with Crippen molar-refractivity contribution in [1.82, 2.24) is 4.90 Å². The fourth-order valence-electron chi connectivity index (χ4n) is 3.80. The Morgan fingerprint density at radius 3 is 2.10 bits per heavy atom. The number of nitrogens with zero attached hydrogens (tertiary/aromatic N) is 1. The van der Waals surface area contributed by atoms with Crippen LogP contribution >= 0.6 is 0 Å². The topological polar surface area (TPSA) is 91.4 Å². The molecule has 0 bridgehead atoms. The smallest absolute Gasteiger partial charge is 0.328 e. The van der Waals surface area contributed by atoms with Crippen LogP contribution in [0.15, 0.2) is 24.3 Å². The molecule has 5 atom stereocenters. The molecule has 0 aromatic rings. The predicted molar refractivity (Wildman–Crippen MR) is 114 cm³/mol. The standard InChI is InChI=1S/C23H35NO7/c1-16-8-5-11-21(25)24-13-7-10-18(24)23(27)31-15-20(29-4)17(2)9-6-12-22(26)30-14-19(16)28-3/h5-6,8-9,16-20H,7,10-15H2,1-4H3/b8-5+,9-6+/t16-,17+,18-,19-,20+/m0/s1. The van der Waals surface area contributed by atoms with Crippen LogP contribution in [0.2, 0.25) is 0 Å². The zero-order valence-corrected chi connectivity index (χ0v) is 19.0. The predicted octanol–water partition coefficient (Wildman–Crippen LogP) is 2.27. The molecule has 0 unspecified atom stereocenters. The van der Waals surface area contributed by atoms with E-state index in [2.05, 4.69) is 0 Å². The Labute approximate surface area is 184 Å². The highest BCUT2D eigenvalue weighted by Crippen LogP contribution is 2.21. The first-order chi connectivity index (χ1) is 14.9. The second kappa shape index (κ2) is 12.6. The summed E-state index contributed by atoms with van der Waals surface area (Å²) in [5.74, 6) is -0.992. The number of rotatable bonds is 2. The Hall–Kier alpha value is -2.19. The number of fused-ring (bicyclic) bond motifs is 1. The van der Waals surface area contributed by atoms with Crippen molar-refractivity contribution < 1.29 is 33.3 Å². The Morgan fingerprint density at radius 1 is 0.903 bits per heavy atom. The third-order valence-corrected chi connectivity index (χ3v) is 5.88. The van der Waals surface area contributed by atoms with Crippen LogP contribution < -0.4 is 0 Å². The number of cyclic esters (lactones) is 2. The highest BCUT2D eigenvalue weighted by Gasteiger charge is 2.35. The molecule has 8 heteroatoms. The van der Waals surface area contributed by atoms with E-state index in [1.165, 1.54) is 0 Å². The molecule has 2 heterocycles. The van der Waals surface area contributed by atoms with Crippen LogP contribution in [0.25, 0.3) is 0 Å². The minimum atomic E-state index is -0.554. The molecule has 1 saturated heterocycles. The van der Waals surface area contributed by atoms with Gasteiger partial charge in [0.15, 0.2) is 0 Å². The van der Waals surface area contributed by atoms with Crippen LogP contribution in [-0.2, 0) is 33.3 Å². The average Bonchev–Trinajstić information content (AvgIpc) is 3.24. The number of hydrogen-bond acceptors (Lipinski definition) is 7. The molecule has 174 valence electrons. The molecule has 2 aliphatic heterocycles. The van der Waals surface area contributed by atoms with Crippen LogP contribution in [-0.4, -0.2) is 75.0 Å². The summed E-state index contributed by atoms with van der Waals surface area (Å²) in [6.45, 7) is 4.62. The van der Waals surface area contributed by atoms with Gasteiger partial charge in [0, 0.05) is 39.0 Å². The molecule has 1 amide bonds. The lowest BCUT2D eigenvalue weighted by Gasteiger charge is -2.25. The normalized spacial score (nSPS) is 34.0. The fourth-order valence-corrected chi connectivity index (χ4v) is 3.80. The van der Waals surface area contributed by atoms with E-state index in [0.29, 0.717) is 13.0 Å². The van der Waals surface area contributed by atoms with E-state index in [-0.39, 0.29) is 62.0 Å². The van der Waals surface area contributed by atoms with Crippen LogP contribution in [0.3, 0.4) is 0 Å². The van der Waals surface area contributed by atoms with Crippen LogP contribution in [0.1, 0.15) is 39.5 Å². The number of ether oxygens (including phenoxy) is 4. The Kier molecular flexibility index (Phi) is 10.2. The van der Waals surface area contributed by atoms with Gasteiger partial charge in [-0.2, -0.15) is 0 Å². The summed E-state index contributed by atoms with van der Waals surface area (Å²) in [5, 5.41) is 0. The Morgan fingerprint density at radius 2 is 1.48 bits per heavy atom. The first kappa shape index (κ1) is 25.1. The van der Waals surface area contributed by atoms with E-state index >= 15 is 0 Å². The molecular weight excluding hydrogens is 402 g/mol. The van der Waals surface area contributed by atoms with Gasteiger partial charge in [-0.05, 0) is 12.8 Å². The van der Waals surface area contributed by atoms with Gasteiger partial charge in [0.25, 0.3) is 0 Å². The molecule has 0 aliphatic carbocycles. The second-order valence-electron chi connectivity index (χ2n) is 8.09. The first-order valence-electron chi connectivity index (χ1n) is 10.9. The molecule has 1 fully saturated rings. The molecular formula is C23H35NO7. The SMILES string of the molecule is CO[C@H]1COC(=O)C/C=C/[C@@H](C)[C@H](OC)COC(=O)[C@@H]2CCCN2C(=O)C/C=C/[C@@H]1C. The largest absolute Gasteiger partial charge is 0.463 e. The molecule has 0 saturated carbocycles. The minimum absolute atomic E-state index is 0.0509. The number of carbonyl (C=O) groups is 3. The van der Waals surface area contributed by atoms with Gasteiger partial charge in [-0.1, -0.05) is 38.2 Å². The van der Waals surface area contributed by atoms with Crippen molar-refractivity contribution in [3.8, 4) is 0 Å². The lowest BCUT2D eigenvalue weighted by atomic mass is 10.0. The Bertz CT molecular complexity index is 675. The molecule has 0 aromatic carbocycles. The summed E-state index contributed by atoms with van der Waals surface area (Å²) in [6.07, 6.45) is 8.26. The van der Waals surface area contributed by atoms with E-state index in [1.807, 2.05) is 26.0 Å². The van der Waals surface area contributed by atoms with E-state index in [1.54, 1.807) is 31.3 Å². The van der Waals surface area contributed by atoms with Gasteiger partial charge < -0.3 is 23.8 Å². The van der Waals surface area contributed by atoms with Crippen molar-refractivity contribution in [2.24, 2.45) is 11.8 Å².